The normalized spacial score (nSPS) is 12.6. The Labute approximate surface area is 203 Å². The van der Waals surface area contributed by atoms with E-state index >= 15 is 0 Å². The van der Waals surface area contributed by atoms with Gasteiger partial charge in [0.25, 0.3) is 0 Å². The Morgan fingerprint density at radius 2 is 0.710 bits per heavy atom. The molecule has 0 saturated heterocycles. The first-order valence-corrected chi connectivity index (χ1v) is 11.8. The molecule has 0 aromatic rings. The van der Waals surface area contributed by atoms with Crippen molar-refractivity contribution >= 4 is 37.7 Å². The first-order valence-electron chi connectivity index (χ1n) is 11.8. The second kappa shape index (κ2) is 27.1. The van der Waals surface area contributed by atoms with Crippen LogP contribution in [0.5, 0.6) is 0 Å². The summed E-state index contributed by atoms with van der Waals surface area (Å²) < 4.78 is 0. The van der Waals surface area contributed by atoms with Crippen molar-refractivity contribution in [2.24, 2.45) is 17.8 Å². The summed E-state index contributed by atoms with van der Waals surface area (Å²) >= 11 is 0. The molecule has 0 amide bonds. The number of unbranched alkanes of at least 4 members (excludes halogenated alkanes) is 3. The molecular weight excluding hydrogens is 454 g/mol. The standard InChI is InChI=1S/3C8H16O2.Ga/c3*1-3-5-6-7(4-2)8(9)10;/h3*7H,3-6H2,1-2H3,(H,9,10);/q;;;+3/p-3. The van der Waals surface area contributed by atoms with Gasteiger partial charge in [0.05, 0.1) is 0 Å². The van der Waals surface area contributed by atoms with Crippen LogP contribution in [0.1, 0.15) is 119 Å². The molecule has 6 nitrogen and oxygen atoms in total. The van der Waals surface area contributed by atoms with Crippen molar-refractivity contribution in [3.63, 3.8) is 0 Å². The summed E-state index contributed by atoms with van der Waals surface area (Å²) in [5.41, 5.74) is 0. The summed E-state index contributed by atoms with van der Waals surface area (Å²) in [5.74, 6) is -3.34. The van der Waals surface area contributed by atoms with E-state index in [9.17, 15) is 29.7 Å². The van der Waals surface area contributed by atoms with E-state index in [4.69, 9.17) is 0 Å². The van der Waals surface area contributed by atoms with Crippen molar-refractivity contribution in [1.29, 1.82) is 0 Å². The maximum atomic E-state index is 10.3. The third kappa shape index (κ3) is 25.2. The van der Waals surface area contributed by atoms with E-state index in [2.05, 4.69) is 20.8 Å². The van der Waals surface area contributed by atoms with Gasteiger partial charge in [-0.15, -0.1) is 0 Å². The first-order chi connectivity index (χ1) is 14.2. The van der Waals surface area contributed by atoms with Gasteiger partial charge in [-0.1, -0.05) is 80.1 Å². The molecule has 0 heterocycles. The van der Waals surface area contributed by atoms with Crippen molar-refractivity contribution in [2.45, 2.75) is 119 Å². The number of carbonyl (C=O) groups is 3. The molecule has 3 atom stereocenters. The van der Waals surface area contributed by atoms with Crippen LogP contribution >= 0.6 is 0 Å². The van der Waals surface area contributed by atoms with Crippen LogP contribution in [0.3, 0.4) is 0 Å². The number of hydrogen-bond acceptors (Lipinski definition) is 6. The molecule has 0 fully saturated rings. The van der Waals surface area contributed by atoms with Gasteiger partial charge in [0, 0.05) is 17.9 Å². The van der Waals surface area contributed by atoms with Crippen LogP contribution in [0.4, 0.5) is 0 Å². The smallest absolute Gasteiger partial charge is 0.550 e. The van der Waals surface area contributed by atoms with E-state index in [1.54, 1.807) is 0 Å². The molecule has 3 unspecified atom stereocenters. The minimum Gasteiger partial charge on any atom is -0.550 e. The quantitative estimate of drug-likeness (QED) is 0.319. The summed E-state index contributed by atoms with van der Waals surface area (Å²) in [5, 5.41) is 31.0. The largest absolute Gasteiger partial charge is 3.00 e. The molecule has 0 aliphatic heterocycles. The maximum absolute atomic E-state index is 10.3. The van der Waals surface area contributed by atoms with Crippen LogP contribution in [0.2, 0.25) is 0 Å². The molecule has 31 heavy (non-hydrogen) atoms. The molecule has 0 spiro atoms. The average Bonchev–Trinajstić information content (AvgIpc) is 2.70. The molecule has 0 saturated carbocycles. The summed E-state index contributed by atoms with van der Waals surface area (Å²) in [6.07, 6.45) is 10.6. The zero-order chi connectivity index (χ0) is 23.9. The summed E-state index contributed by atoms with van der Waals surface area (Å²) in [4.78, 5) is 31.0. The monoisotopic (exact) mass is 498 g/mol. The fraction of sp³-hybridized carbons (Fsp3) is 0.875. The number of carboxylic acid groups (broad SMARTS) is 3. The van der Waals surface area contributed by atoms with Crippen LogP contribution in [0.25, 0.3) is 0 Å². The van der Waals surface area contributed by atoms with E-state index in [-0.39, 0.29) is 37.5 Å². The fourth-order valence-electron chi connectivity index (χ4n) is 2.82. The van der Waals surface area contributed by atoms with Gasteiger partial charge in [-0.2, -0.15) is 0 Å². The van der Waals surface area contributed by atoms with Crippen LogP contribution in [0.15, 0.2) is 0 Å². The van der Waals surface area contributed by atoms with Crippen molar-refractivity contribution in [1.82, 2.24) is 0 Å². The Kier molecular flexibility index (Phi) is 32.6. The van der Waals surface area contributed by atoms with Gasteiger partial charge < -0.3 is 29.7 Å². The minimum absolute atomic E-state index is 0. The summed E-state index contributed by atoms with van der Waals surface area (Å²) in [7, 11) is 0. The molecule has 0 aliphatic carbocycles. The van der Waals surface area contributed by atoms with E-state index in [0.29, 0.717) is 19.3 Å². The molecule has 0 aliphatic rings. The average molecular weight is 499 g/mol. The first kappa shape index (κ1) is 37.4. The van der Waals surface area contributed by atoms with Crippen molar-refractivity contribution in [2.75, 3.05) is 0 Å². The summed E-state index contributed by atoms with van der Waals surface area (Å²) in [6.45, 7) is 11.8. The Hall–Kier alpha value is -0.954. The van der Waals surface area contributed by atoms with Crippen LogP contribution in [-0.4, -0.2) is 37.7 Å². The molecule has 180 valence electrons. The Bertz CT molecular complexity index is 366. The molecule has 0 bridgehead atoms. The summed E-state index contributed by atoms with van der Waals surface area (Å²) in [6, 6.07) is 0. The Balaban J connectivity index is -0.000000174. The number of carboxylic acids is 3. The fourth-order valence-corrected chi connectivity index (χ4v) is 2.82. The molecule has 0 aromatic carbocycles. The van der Waals surface area contributed by atoms with E-state index in [1.165, 1.54) is 0 Å². The van der Waals surface area contributed by atoms with Crippen LogP contribution in [-0.2, 0) is 14.4 Å². The van der Waals surface area contributed by atoms with Crippen molar-refractivity contribution in [3.8, 4) is 0 Å². The Morgan fingerprint density at radius 3 is 0.806 bits per heavy atom. The predicted molar refractivity (Wildman–Crippen MR) is 121 cm³/mol. The number of hydrogen-bond donors (Lipinski definition) is 0. The van der Waals surface area contributed by atoms with E-state index < -0.39 is 17.9 Å². The molecule has 0 rings (SSSR count). The van der Waals surface area contributed by atoms with Crippen molar-refractivity contribution < 1.29 is 29.7 Å². The third-order valence-corrected chi connectivity index (χ3v) is 5.20. The number of carbonyl (C=O) groups excluding carboxylic acids is 3. The topological polar surface area (TPSA) is 120 Å². The predicted octanol–water partition coefficient (Wildman–Crippen LogP) is 2.48. The van der Waals surface area contributed by atoms with Gasteiger partial charge >= 0.3 is 19.8 Å². The third-order valence-electron chi connectivity index (χ3n) is 5.20. The van der Waals surface area contributed by atoms with Crippen LogP contribution < -0.4 is 15.3 Å². The zero-order valence-corrected chi connectivity index (χ0v) is 23.2. The second-order valence-corrected chi connectivity index (χ2v) is 7.70. The van der Waals surface area contributed by atoms with Gasteiger partial charge in [-0.25, -0.2) is 0 Å². The molecule has 0 aromatic heterocycles. The Morgan fingerprint density at radius 1 is 0.516 bits per heavy atom. The zero-order valence-electron chi connectivity index (χ0n) is 20.7. The molecule has 0 radical (unpaired) electrons. The molecule has 0 N–H and O–H groups in total. The van der Waals surface area contributed by atoms with Gasteiger partial charge in [-0.3, -0.25) is 0 Å². The van der Waals surface area contributed by atoms with Gasteiger partial charge in [-0.05, 0) is 56.3 Å². The maximum Gasteiger partial charge on any atom is 3.00 e. The second-order valence-electron chi connectivity index (χ2n) is 7.70. The number of aliphatic carboxylic acids is 3. The molecular formula is C24H45GaO6. The number of rotatable bonds is 15. The van der Waals surface area contributed by atoms with Crippen molar-refractivity contribution in [3.05, 3.63) is 0 Å². The van der Waals surface area contributed by atoms with Crippen LogP contribution in [0, 0.1) is 17.8 Å². The van der Waals surface area contributed by atoms with E-state index in [0.717, 1.165) is 57.8 Å². The van der Waals surface area contributed by atoms with Gasteiger partial charge in [0.1, 0.15) is 0 Å². The van der Waals surface area contributed by atoms with E-state index in [1.807, 2.05) is 20.8 Å². The minimum atomic E-state index is -0.893. The molecule has 7 heteroatoms. The van der Waals surface area contributed by atoms with Gasteiger partial charge in [0.2, 0.25) is 0 Å². The SMILES string of the molecule is CCCCC(CC)C(=O)[O-].CCCCC(CC)C(=O)[O-].CCCCC(CC)C(=O)[O-].[Ga+3]. The van der Waals surface area contributed by atoms with Gasteiger partial charge in [0.15, 0.2) is 0 Å².